The lowest BCUT2D eigenvalue weighted by Gasteiger charge is -2.14. The Balaban J connectivity index is 3.30. The fourth-order valence-corrected chi connectivity index (χ4v) is 0.874. The van der Waals surface area contributed by atoms with E-state index in [1.807, 2.05) is 20.8 Å². The first-order chi connectivity index (χ1) is 4.54. The Morgan fingerprint density at radius 2 is 1.80 bits per heavy atom. The van der Waals surface area contributed by atoms with Gasteiger partial charge in [-0.2, -0.15) is 0 Å². The van der Waals surface area contributed by atoms with Crippen LogP contribution in [0.25, 0.3) is 0 Å². The lowest BCUT2D eigenvalue weighted by Crippen LogP contribution is -2.32. The van der Waals surface area contributed by atoms with Gasteiger partial charge in [0.05, 0.1) is 0 Å². The minimum atomic E-state index is -2.39. The van der Waals surface area contributed by atoms with Crippen molar-refractivity contribution in [3.05, 3.63) is 0 Å². The fourth-order valence-electron chi connectivity index (χ4n) is 0.527. The third kappa shape index (κ3) is 4.93. The quantitative estimate of drug-likeness (QED) is 0.493. The third-order valence-electron chi connectivity index (χ3n) is 1.36. The second-order valence-electron chi connectivity index (χ2n) is 2.95. The van der Waals surface area contributed by atoms with Gasteiger partial charge in [-0.3, -0.25) is 0 Å². The van der Waals surface area contributed by atoms with Crippen LogP contribution in [0, 0.1) is 0 Å². The van der Waals surface area contributed by atoms with Crippen molar-refractivity contribution in [2.75, 3.05) is 6.54 Å². The van der Waals surface area contributed by atoms with Crippen LogP contribution in [-0.4, -0.2) is 31.5 Å². The maximum Gasteiger partial charge on any atom is 0.320 e. The zero-order valence-corrected chi connectivity index (χ0v) is 7.99. The summed E-state index contributed by atoms with van der Waals surface area (Å²) in [6.07, 6.45) is 0. The molecule has 0 aliphatic heterocycles. The summed E-state index contributed by atoms with van der Waals surface area (Å²) >= 11 is 0. The average molecular weight is 163 g/mol. The van der Waals surface area contributed by atoms with E-state index in [4.69, 9.17) is 9.59 Å². The van der Waals surface area contributed by atoms with Crippen molar-refractivity contribution in [2.24, 2.45) is 0 Å². The zero-order valence-electron chi connectivity index (χ0n) is 6.83. The van der Waals surface area contributed by atoms with E-state index in [2.05, 4.69) is 5.32 Å². The van der Waals surface area contributed by atoms with Gasteiger partial charge >= 0.3 is 9.28 Å². The molecule has 0 aromatic heterocycles. The van der Waals surface area contributed by atoms with Gasteiger partial charge in [0.2, 0.25) is 0 Å². The zero-order chi connectivity index (χ0) is 8.15. The molecule has 3 N–H and O–H groups in total. The summed E-state index contributed by atoms with van der Waals surface area (Å²) in [6.45, 7) is 6.64. The van der Waals surface area contributed by atoms with Crippen LogP contribution in [0.1, 0.15) is 20.8 Å². The first-order valence-electron chi connectivity index (χ1n) is 3.63. The molecule has 0 bridgehead atoms. The van der Waals surface area contributed by atoms with Crippen molar-refractivity contribution in [1.29, 1.82) is 0 Å². The van der Waals surface area contributed by atoms with Crippen molar-refractivity contribution in [3.63, 3.8) is 0 Å². The highest BCUT2D eigenvalue weighted by Gasteiger charge is 2.13. The van der Waals surface area contributed by atoms with Gasteiger partial charge < -0.3 is 14.9 Å². The van der Waals surface area contributed by atoms with E-state index >= 15 is 0 Å². The topological polar surface area (TPSA) is 52.5 Å². The van der Waals surface area contributed by atoms with Crippen LogP contribution in [0.5, 0.6) is 0 Å². The van der Waals surface area contributed by atoms with Gasteiger partial charge in [0.1, 0.15) is 0 Å². The molecular formula is C6H17NO2Si. The Morgan fingerprint density at radius 1 is 1.30 bits per heavy atom. The molecule has 0 fully saturated rings. The smallest absolute Gasteiger partial charge is 0.320 e. The molecule has 1 atom stereocenters. The molecule has 1 unspecified atom stereocenters. The van der Waals surface area contributed by atoms with Crippen LogP contribution in [0.4, 0.5) is 0 Å². The van der Waals surface area contributed by atoms with E-state index in [1.165, 1.54) is 0 Å². The van der Waals surface area contributed by atoms with E-state index in [0.717, 1.165) is 0 Å². The molecule has 0 saturated heterocycles. The first kappa shape index (κ1) is 10.1. The van der Waals surface area contributed by atoms with Crippen LogP contribution in [0.2, 0.25) is 5.54 Å². The molecule has 0 amide bonds. The molecule has 4 heteroatoms. The molecule has 0 aliphatic carbocycles. The largest absolute Gasteiger partial charge is 0.413 e. The second-order valence-corrected chi connectivity index (χ2v) is 4.92. The predicted octanol–water partition coefficient (Wildman–Crippen LogP) is -0.420. The average Bonchev–Trinajstić information content (AvgIpc) is 1.82. The van der Waals surface area contributed by atoms with Crippen molar-refractivity contribution >= 4 is 9.28 Å². The molecule has 0 rings (SSSR count). The summed E-state index contributed by atoms with van der Waals surface area (Å²) in [7, 11) is -2.39. The van der Waals surface area contributed by atoms with Crippen LogP contribution in [-0.2, 0) is 0 Å². The summed E-state index contributed by atoms with van der Waals surface area (Å²) in [4.78, 5) is 17.6. The lowest BCUT2D eigenvalue weighted by atomic mass is 10.3. The van der Waals surface area contributed by atoms with Gasteiger partial charge in [0.15, 0.2) is 0 Å². The molecule has 0 aromatic carbocycles. The van der Waals surface area contributed by atoms with E-state index in [1.54, 1.807) is 0 Å². The van der Waals surface area contributed by atoms with E-state index in [-0.39, 0.29) is 5.54 Å². The molecule has 0 aliphatic rings. The molecule has 0 spiro atoms. The minimum absolute atomic E-state index is 0.0439. The van der Waals surface area contributed by atoms with Crippen LogP contribution >= 0.6 is 0 Å². The molecule has 0 radical (unpaired) electrons. The summed E-state index contributed by atoms with van der Waals surface area (Å²) in [5.74, 6) is 0. The Hall–Kier alpha value is 0.0969. The van der Waals surface area contributed by atoms with Crippen molar-refractivity contribution in [2.45, 2.75) is 32.4 Å². The van der Waals surface area contributed by atoms with Gasteiger partial charge in [0, 0.05) is 11.6 Å². The Bertz CT molecular complexity index is 87.8. The van der Waals surface area contributed by atoms with Crippen molar-refractivity contribution in [3.8, 4) is 0 Å². The Labute approximate surface area is 63.9 Å². The molecule has 10 heavy (non-hydrogen) atoms. The first-order valence-corrected chi connectivity index (χ1v) is 5.33. The molecule has 0 aromatic rings. The molecule has 62 valence electrons. The number of rotatable bonds is 4. The van der Waals surface area contributed by atoms with Gasteiger partial charge in [-0.1, -0.05) is 20.8 Å². The maximum absolute atomic E-state index is 8.79. The second kappa shape index (κ2) is 4.84. The van der Waals surface area contributed by atoms with Crippen molar-refractivity contribution < 1.29 is 9.59 Å². The minimum Gasteiger partial charge on any atom is -0.413 e. The van der Waals surface area contributed by atoms with Crippen LogP contribution in [0.15, 0.2) is 0 Å². The molecule has 3 nitrogen and oxygen atoms in total. The number of nitrogens with one attached hydrogen (secondary N) is 1. The van der Waals surface area contributed by atoms with Gasteiger partial charge in [-0.05, 0) is 6.54 Å². The standard InChI is InChI=1S/C6H17NO2Si/c1-5(2)7-4-6(3)10(8)9/h5-10H,4H2,1-3H3. The maximum atomic E-state index is 8.79. The SMILES string of the molecule is CC(C)NCC(C)[SiH](O)O. The highest BCUT2D eigenvalue weighted by molar-refractivity contribution is 6.43. The Kier molecular flexibility index (Phi) is 4.89. The van der Waals surface area contributed by atoms with Crippen LogP contribution in [0.3, 0.4) is 0 Å². The monoisotopic (exact) mass is 163 g/mol. The third-order valence-corrected chi connectivity index (χ3v) is 2.61. The fraction of sp³-hybridized carbons (Fsp3) is 1.00. The summed E-state index contributed by atoms with van der Waals surface area (Å²) < 4.78 is 0. The highest BCUT2D eigenvalue weighted by atomic mass is 28.3. The lowest BCUT2D eigenvalue weighted by molar-refractivity contribution is 0.381. The normalized spacial score (nSPS) is 14.7. The summed E-state index contributed by atoms with van der Waals surface area (Å²) in [5.41, 5.74) is 0.0439. The summed E-state index contributed by atoms with van der Waals surface area (Å²) in [5, 5.41) is 3.14. The van der Waals surface area contributed by atoms with Gasteiger partial charge in [0.25, 0.3) is 0 Å². The van der Waals surface area contributed by atoms with Crippen LogP contribution < -0.4 is 5.32 Å². The molecule has 0 heterocycles. The highest BCUT2D eigenvalue weighted by Crippen LogP contribution is 2.01. The van der Waals surface area contributed by atoms with Crippen molar-refractivity contribution in [1.82, 2.24) is 5.32 Å². The van der Waals surface area contributed by atoms with E-state index in [0.29, 0.717) is 12.6 Å². The predicted molar refractivity (Wildman–Crippen MR) is 44.1 cm³/mol. The molecule has 0 saturated carbocycles. The summed E-state index contributed by atoms with van der Waals surface area (Å²) in [6, 6.07) is 0.426. The number of hydrogen-bond donors (Lipinski definition) is 3. The van der Waals surface area contributed by atoms with E-state index in [9.17, 15) is 0 Å². The van der Waals surface area contributed by atoms with E-state index < -0.39 is 9.28 Å². The number of hydrogen-bond acceptors (Lipinski definition) is 3. The Morgan fingerprint density at radius 3 is 2.10 bits per heavy atom. The van der Waals surface area contributed by atoms with Gasteiger partial charge in [-0.15, -0.1) is 0 Å². The van der Waals surface area contributed by atoms with Gasteiger partial charge in [-0.25, -0.2) is 0 Å². The molecular weight excluding hydrogens is 146 g/mol.